The normalized spacial score (nSPS) is 37.4. The fourth-order valence-corrected chi connectivity index (χ4v) is 3.52. The van der Waals surface area contributed by atoms with Gasteiger partial charge in [-0.05, 0) is 38.6 Å². The topological polar surface area (TPSA) is 49.6 Å². The van der Waals surface area contributed by atoms with Crippen LogP contribution in [0, 0.1) is 11.8 Å². The highest BCUT2D eigenvalue weighted by atomic mass is 16.2. The SMILES string of the molecule is CCC1CN(C(=O)C2CC(N)CCC2C)CCN1C. The van der Waals surface area contributed by atoms with Gasteiger partial charge in [-0.3, -0.25) is 9.69 Å². The molecule has 0 bridgehead atoms. The standard InChI is InChI=1S/C15H29N3O/c1-4-13-10-18(8-7-17(13)3)15(19)14-9-12(16)6-5-11(14)2/h11-14H,4-10,16H2,1-3H3. The Morgan fingerprint density at radius 2 is 2.05 bits per heavy atom. The number of carbonyl (C=O) groups is 1. The van der Waals surface area contributed by atoms with E-state index in [0.29, 0.717) is 17.9 Å². The third-order valence-corrected chi connectivity index (χ3v) is 5.11. The van der Waals surface area contributed by atoms with Crippen LogP contribution in [0.1, 0.15) is 39.5 Å². The summed E-state index contributed by atoms with van der Waals surface area (Å²) >= 11 is 0. The molecule has 2 rings (SSSR count). The monoisotopic (exact) mass is 267 g/mol. The number of nitrogens with zero attached hydrogens (tertiary/aromatic N) is 2. The van der Waals surface area contributed by atoms with Crippen LogP contribution < -0.4 is 5.73 Å². The van der Waals surface area contributed by atoms with Crippen molar-refractivity contribution < 1.29 is 4.79 Å². The zero-order chi connectivity index (χ0) is 14.0. The third-order valence-electron chi connectivity index (χ3n) is 5.11. The van der Waals surface area contributed by atoms with E-state index in [9.17, 15) is 4.79 Å². The molecule has 2 aliphatic rings. The molecule has 0 aromatic rings. The maximum atomic E-state index is 12.7. The molecule has 1 saturated heterocycles. The third kappa shape index (κ3) is 3.29. The van der Waals surface area contributed by atoms with E-state index in [1.54, 1.807) is 0 Å². The van der Waals surface area contributed by atoms with Gasteiger partial charge in [-0.15, -0.1) is 0 Å². The first kappa shape index (κ1) is 14.8. The predicted octanol–water partition coefficient (Wildman–Crippen LogP) is 1.30. The van der Waals surface area contributed by atoms with Crippen molar-refractivity contribution in [3.8, 4) is 0 Å². The van der Waals surface area contributed by atoms with Crippen molar-refractivity contribution in [3.05, 3.63) is 0 Å². The molecule has 1 heterocycles. The molecule has 4 atom stereocenters. The van der Waals surface area contributed by atoms with E-state index in [-0.39, 0.29) is 12.0 Å². The van der Waals surface area contributed by atoms with Crippen molar-refractivity contribution >= 4 is 5.91 Å². The van der Waals surface area contributed by atoms with Gasteiger partial charge < -0.3 is 10.6 Å². The average molecular weight is 267 g/mol. The molecular formula is C15H29N3O. The number of amides is 1. The van der Waals surface area contributed by atoms with Crippen molar-refractivity contribution in [2.24, 2.45) is 17.6 Å². The molecule has 19 heavy (non-hydrogen) atoms. The van der Waals surface area contributed by atoms with Crippen molar-refractivity contribution in [1.29, 1.82) is 0 Å². The van der Waals surface area contributed by atoms with Crippen LogP contribution in [-0.2, 0) is 4.79 Å². The second-order valence-electron chi connectivity index (χ2n) is 6.48. The first-order chi connectivity index (χ1) is 9.02. The van der Waals surface area contributed by atoms with E-state index in [1.165, 1.54) is 0 Å². The van der Waals surface area contributed by atoms with Crippen molar-refractivity contribution in [2.45, 2.75) is 51.6 Å². The minimum atomic E-state index is 0.157. The van der Waals surface area contributed by atoms with Gasteiger partial charge in [-0.1, -0.05) is 13.8 Å². The molecule has 0 spiro atoms. The van der Waals surface area contributed by atoms with Gasteiger partial charge in [-0.2, -0.15) is 0 Å². The lowest BCUT2D eigenvalue weighted by Gasteiger charge is -2.42. The Bertz CT molecular complexity index is 321. The van der Waals surface area contributed by atoms with Gasteiger partial charge in [0.25, 0.3) is 0 Å². The summed E-state index contributed by atoms with van der Waals surface area (Å²) in [4.78, 5) is 17.2. The minimum absolute atomic E-state index is 0.157. The molecule has 0 aromatic heterocycles. The van der Waals surface area contributed by atoms with E-state index in [1.807, 2.05) is 0 Å². The van der Waals surface area contributed by atoms with Gasteiger partial charge in [0.05, 0.1) is 0 Å². The van der Waals surface area contributed by atoms with Crippen LogP contribution >= 0.6 is 0 Å². The van der Waals surface area contributed by atoms with Gasteiger partial charge in [0.1, 0.15) is 0 Å². The molecule has 1 aliphatic carbocycles. The molecule has 4 heteroatoms. The van der Waals surface area contributed by atoms with Crippen LogP contribution in [0.25, 0.3) is 0 Å². The molecule has 0 aromatic carbocycles. The zero-order valence-electron chi connectivity index (χ0n) is 12.6. The number of piperazine rings is 1. The van der Waals surface area contributed by atoms with E-state index >= 15 is 0 Å². The molecule has 2 N–H and O–H groups in total. The molecule has 1 saturated carbocycles. The number of likely N-dealkylation sites (N-methyl/N-ethyl adjacent to an activating group) is 1. The van der Waals surface area contributed by atoms with E-state index < -0.39 is 0 Å². The minimum Gasteiger partial charge on any atom is -0.340 e. The highest BCUT2D eigenvalue weighted by Gasteiger charge is 2.36. The second-order valence-corrected chi connectivity index (χ2v) is 6.48. The Morgan fingerprint density at radius 1 is 1.32 bits per heavy atom. The number of rotatable bonds is 2. The Morgan fingerprint density at radius 3 is 2.74 bits per heavy atom. The molecule has 1 aliphatic heterocycles. The molecule has 4 nitrogen and oxygen atoms in total. The summed E-state index contributed by atoms with van der Waals surface area (Å²) in [7, 11) is 2.16. The summed E-state index contributed by atoms with van der Waals surface area (Å²) < 4.78 is 0. The van der Waals surface area contributed by atoms with Crippen molar-refractivity contribution in [1.82, 2.24) is 9.80 Å². The predicted molar refractivity (Wildman–Crippen MR) is 77.8 cm³/mol. The fourth-order valence-electron chi connectivity index (χ4n) is 3.52. The van der Waals surface area contributed by atoms with Crippen LogP contribution in [0.15, 0.2) is 0 Å². The van der Waals surface area contributed by atoms with Gasteiger partial charge in [0.2, 0.25) is 5.91 Å². The molecule has 0 radical (unpaired) electrons. The smallest absolute Gasteiger partial charge is 0.226 e. The lowest BCUT2D eigenvalue weighted by molar-refractivity contribution is -0.141. The molecule has 1 amide bonds. The highest BCUT2D eigenvalue weighted by molar-refractivity contribution is 5.79. The molecular weight excluding hydrogens is 238 g/mol. The Hall–Kier alpha value is -0.610. The van der Waals surface area contributed by atoms with Crippen LogP contribution in [0.3, 0.4) is 0 Å². The number of nitrogens with two attached hydrogens (primary N) is 1. The maximum Gasteiger partial charge on any atom is 0.226 e. The van der Waals surface area contributed by atoms with Crippen LogP contribution in [0.5, 0.6) is 0 Å². The quantitative estimate of drug-likeness (QED) is 0.820. The summed E-state index contributed by atoms with van der Waals surface area (Å²) in [6.07, 6.45) is 4.16. The number of hydrogen-bond donors (Lipinski definition) is 1. The fraction of sp³-hybridized carbons (Fsp3) is 0.933. The summed E-state index contributed by atoms with van der Waals surface area (Å²) in [5, 5.41) is 0. The average Bonchev–Trinajstić information content (AvgIpc) is 2.41. The lowest BCUT2D eigenvalue weighted by atomic mass is 9.77. The largest absolute Gasteiger partial charge is 0.340 e. The van der Waals surface area contributed by atoms with Gasteiger partial charge in [-0.25, -0.2) is 0 Å². The van der Waals surface area contributed by atoms with Gasteiger partial charge in [0.15, 0.2) is 0 Å². The van der Waals surface area contributed by atoms with E-state index in [4.69, 9.17) is 5.73 Å². The second kappa shape index (κ2) is 6.23. The molecule has 2 fully saturated rings. The summed E-state index contributed by atoms with van der Waals surface area (Å²) in [5.41, 5.74) is 6.05. The van der Waals surface area contributed by atoms with E-state index in [2.05, 4.69) is 30.7 Å². The van der Waals surface area contributed by atoms with Crippen LogP contribution in [0.4, 0.5) is 0 Å². The number of carbonyl (C=O) groups excluding carboxylic acids is 1. The van der Waals surface area contributed by atoms with Crippen molar-refractivity contribution in [2.75, 3.05) is 26.7 Å². The Labute approximate surface area is 117 Å². The van der Waals surface area contributed by atoms with Crippen molar-refractivity contribution in [3.63, 3.8) is 0 Å². The maximum absolute atomic E-state index is 12.7. The summed E-state index contributed by atoms with van der Waals surface area (Å²) in [6.45, 7) is 7.18. The molecule has 4 unspecified atom stereocenters. The first-order valence-electron chi connectivity index (χ1n) is 7.77. The summed E-state index contributed by atoms with van der Waals surface area (Å²) in [6, 6.07) is 0.741. The van der Waals surface area contributed by atoms with E-state index in [0.717, 1.165) is 45.3 Å². The molecule has 110 valence electrons. The van der Waals surface area contributed by atoms with Gasteiger partial charge >= 0.3 is 0 Å². The summed E-state index contributed by atoms with van der Waals surface area (Å²) in [5.74, 6) is 1.01. The Kier molecular flexibility index (Phi) is 4.85. The zero-order valence-corrected chi connectivity index (χ0v) is 12.6. The highest BCUT2D eigenvalue weighted by Crippen LogP contribution is 2.31. The Balaban J connectivity index is 1.98. The van der Waals surface area contributed by atoms with Crippen LogP contribution in [0.2, 0.25) is 0 Å². The lowest BCUT2D eigenvalue weighted by Crippen LogP contribution is -2.55. The van der Waals surface area contributed by atoms with Gasteiger partial charge in [0, 0.05) is 37.6 Å². The van der Waals surface area contributed by atoms with Crippen LogP contribution in [-0.4, -0.2) is 54.5 Å². The first-order valence-corrected chi connectivity index (χ1v) is 7.77. The number of hydrogen-bond acceptors (Lipinski definition) is 3.